The first-order valence-corrected chi connectivity index (χ1v) is 7.92. The summed E-state index contributed by atoms with van der Waals surface area (Å²) in [6.45, 7) is 2.99. The van der Waals surface area contributed by atoms with E-state index in [1.165, 1.54) is 0 Å². The highest BCUT2D eigenvalue weighted by molar-refractivity contribution is 7.93. The third-order valence-corrected chi connectivity index (χ3v) is 5.21. The van der Waals surface area contributed by atoms with Crippen LogP contribution in [0, 0.1) is 22.6 Å². The van der Waals surface area contributed by atoms with Crippen molar-refractivity contribution < 1.29 is 26.0 Å². The zero-order chi connectivity index (χ0) is 16.5. The van der Waals surface area contributed by atoms with Crippen LogP contribution in [0.4, 0.5) is 22.7 Å². The van der Waals surface area contributed by atoms with Gasteiger partial charge in [-0.3, -0.25) is 0 Å². The van der Waals surface area contributed by atoms with Crippen LogP contribution >= 0.6 is 11.3 Å². The van der Waals surface area contributed by atoms with Crippen LogP contribution in [0.5, 0.6) is 0 Å². The van der Waals surface area contributed by atoms with Crippen molar-refractivity contribution in [1.82, 2.24) is 4.98 Å². The molecule has 22 heavy (non-hydrogen) atoms. The van der Waals surface area contributed by atoms with Gasteiger partial charge >= 0.3 is 0 Å². The number of rotatable bonds is 5. The first kappa shape index (κ1) is 16.4. The second-order valence-corrected chi connectivity index (χ2v) is 6.76. The first-order chi connectivity index (χ1) is 10.3. The van der Waals surface area contributed by atoms with E-state index in [1.807, 2.05) is 0 Å². The normalized spacial score (nSPS) is 11.5. The van der Waals surface area contributed by atoms with Gasteiger partial charge in [-0.1, -0.05) is 17.4 Å². The quantitative estimate of drug-likeness (QED) is 0.472. The predicted molar refractivity (Wildman–Crippen MR) is 73.1 cm³/mol. The third kappa shape index (κ3) is 2.97. The summed E-state index contributed by atoms with van der Waals surface area (Å²) in [7, 11) is -4.61. The fourth-order valence-corrected chi connectivity index (χ4v) is 3.90. The first-order valence-electron chi connectivity index (χ1n) is 5.67. The molecule has 0 radical (unpaired) electrons. The molecular weight excluding hydrogens is 344 g/mol. The highest BCUT2D eigenvalue weighted by atomic mass is 32.2. The van der Waals surface area contributed by atoms with Crippen LogP contribution in [0.2, 0.25) is 0 Å². The monoisotopic (exact) mass is 352 g/mol. The Balaban J connectivity index is 2.59. The SMILES string of the molecule is C=CCN(c1ncc(F)s1)S(=O)(=O)c1cc(F)c(F)cc1F. The molecule has 0 aliphatic heterocycles. The molecule has 10 heteroatoms. The molecule has 0 aliphatic rings. The van der Waals surface area contributed by atoms with E-state index in [9.17, 15) is 26.0 Å². The number of aromatic nitrogens is 1. The van der Waals surface area contributed by atoms with Gasteiger partial charge in [-0.25, -0.2) is 30.9 Å². The number of nitrogens with zero attached hydrogens (tertiary/aromatic N) is 2. The zero-order valence-corrected chi connectivity index (χ0v) is 12.4. The lowest BCUT2D eigenvalue weighted by molar-refractivity contribution is 0.482. The van der Waals surface area contributed by atoms with E-state index in [2.05, 4.69) is 11.6 Å². The van der Waals surface area contributed by atoms with Crippen molar-refractivity contribution in [2.24, 2.45) is 0 Å². The Hall–Kier alpha value is -1.94. The molecule has 2 aromatic rings. The molecule has 0 aliphatic carbocycles. The van der Waals surface area contributed by atoms with Gasteiger partial charge in [-0.05, 0) is 0 Å². The van der Waals surface area contributed by atoms with Crippen LogP contribution in [0.3, 0.4) is 0 Å². The molecule has 0 amide bonds. The summed E-state index contributed by atoms with van der Waals surface area (Å²) in [4.78, 5) is 2.47. The minimum Gasteiger partial charge on any atom is -0.237 e. The molecule has 0 unspecified atom stereocenters. The standard InChI is InChI=1S/C12H8F4N2O2S2/c1-2-3-18(12-17-6-11(16)21-12)22(19,20)10-5-8(14)7(13)4-9(10)15/h2,4-6H,1,3H2. The van der Waals surface area contributed by atoms with Gasteiger partial charge in [0.2, 0.25) is 5.13 Å². The van der Waals surface area contributed by atoms with Gasteiger partial charge in [0.15, 0.2) is 16.8 Å². The molecule has 1 aromatic carbocycles. The van der Waals surface area contributed by atoms with Crippen LogP contribution in [0.15, 0.2) is 35.9 Å². The van der Waals surface area contributed by atoms with Crippen molar-refractivity contribution >= 4 is 26.5 Å². The highest BCUT2D eigenvalue weighted by Crippen LogP contribution is 2.29. The second kappa shape index (κ2) is 6.05. The Kier molecular flexibility index (Phi) is 4.52. The van der Waals surface area contributed by atoms with E-state index in [0.29, 0.717) is 15.6 Å². The lowest BCUT2D eigenvalue weighted by Gasteiger charge is -2.20. The summed E-state index contributed by atoms with van der Waals surface area (Å²) in [5, 5.41) is -1.05. The van der Waals surface area contributed by atoms with E-state index >= 15 is 0 Å². The lowest BCUT2D eigenvalue weighted by Crippen LogP contribution is -2.32. The minimum atomic E-state index is -4.61. The molecule has 0 atom stereocenters. The number of hydrogen-bond acceptors (Lipinski definition) is 4. The molecule has 4 nitrogen and oxygen atoms in total. The molecule has 1 aromatic heterocycles. The van der Waals surface area contributed by atoms with E-state index in [1.54, 1.807) is 0 Å². The van der Waals surface area contributed by atoms with Crippen LogP contribution in [-0.2, 0) is 10.0 Å². The topological polar surface area (TPSA) is 50.3 Å². The van der Waals surface area contributed by atoms with Crippen molar-refractivity contribution in [2.75, 3.05) is 10.8 Å². The van der Waals surface area contributed by atoms with Crippen molar-refractivity contribution in [3.05, 3.63) is 53.6 Å². The Morgan fingerprint density at radius 3 is 2.36 bits per heavy atom. The van der Waals surface area contributed by atoms with Crippen molar-refractivity contribution in [3.8, 4) is 0 Å². The molecule has 1 heterocycles. The maximum absolute atomic E-state index is 13.7. The fourth-order valence-electron chi connectivity index (χ4n) is 1.58. The number of halogens is 4. The Morgan fingerprint density at radius 1 is 1.18 bits per heavy atom. The Morgan fingerprint density at radius 2 is 1.82 bits per heavy atom. The number of anilines is 1. The molecule has 0 N–H and O–H groups in total. The van der Waals surface area contributed by atoms with Gasteiger partial charge in [-0.15, -0.1) is 6.58 Å². The van der Waals surface area contributed by atoms with Gasteiger partial charge in [-0.2, -0.15) is 4.39 Å². The molecule has 0 spiro atoms. The van der Waals surface area contributed by atoms with Crippen LogP contribution in [0.1, 0.15) is 0 Å². The van der Waals surface area contributed by atoms with E-state index in [0.717, 1.165) is 12.3 Å². The van der Waals surface area contributed by atoms with E-state index < -0.39 is 37.5 Å². The third-order valence-electron chi connectivity index (χ3n) is 2.52. The number of benzene rings is 1. The highest BCUT2D eigenvalue weighted by Gasteiger charge is 2.30. The van der Waals surface area contributed by atoms with Crippen LogP contribution in [-0.4, -0.2) is 19.9 Å². The van der Waals surface area contributed by atoms with Crippen LogP contribution < -0.4 is 4.31 Å². The second-order valence-electron chi connectivity index (χ2n) is 3.97. The molecule has 0 saturated carbocycles. The summed E-state index contributed by atoms with van der Waals surface area (Å²) < 4.78 is 78.3. The largest absolute Gasteiger partial charge is 0.269 e. The van der Waals surface area contributed by atoms with Gasteiger partial charge in [0.1, 0.15) is 10.7 Å². The fraction of sp³-hybridized carbons (Fsp3) is 0.0833. The van der Waals surface area contributed by atoms with Crippen molar-refractivity contribution in [1.29, 1.82) is 0 Å². The zero-order valence-electron chi connectivity index (χ0n) is 10.8. The number of thiazole rings is 1. The summed E-state index contributed by atoms with van der Waals surface area (Å²) >= 11 is 0.401. The smallest absolute Gasteiger partial charge is 0.237 e. The summed E-state index contributed by atoms with van der Waals surface area (Å²) in [5.74, 6) is -4.51. The van der Waals surface area contributed by atoms with Gasteiger partial charge in [0.25, 0.3) is 10.0 Å². The maximum atomic E-state index is 13.7. The molecule has 0 fully saturated rings. The average Bonchev–Trinajstić information content (AvgIpc) is 2.86. The Labute approximate surface area is 127 Å². The maximum Gasteiger partial charge on any atom is 0.269 e. The number of hydrogen-bond donors (Lipinski definition) is 0. The van der Waals surface area contributed by atoms with Crippen molar-refractivity contribution in [3.63, 3.8) is 0 Å². The average molecular weight is 352 g/mol. The van der Waals surface area contributed by atoms with Gasteiger partial charge < -0.3 is 0 Å². The van der Waals surface area contributed by atoms with E-state index in [-0.39, 0.29) is 23.8 Å². The number of sulfonamides is 1. The summed E-state index contributed by atoms with van der Waals surface area (Å²) in [6, 6.07) is 0.344. The van der Waals surface area contributed by atoms with Gasteiger partial charge in [0.05, 0.1) is 12.7 Å². The Bertz CT molecular complexity index is 821. The summed E-state index contributed by atoms with van der Waals surface area (Å²) in [5.41, 5.74) is 0. The van der Waals surface area contributed by atoms with E-state index in [4.69, 9.17) is 0 Å². The van der Waals surface area contributed by atoms with Crippen LogP contribution in [0.25, 0.3) is 0 Å². The molecular formula is C12H8F4N2O2S2. The molecule has 2 rings (SSSR count). The van der Waals surface area contributed by atoms with Gasteiger partial charge in [0, 0.05) is 12.1 Å². The molecule has 0 saturated heterocycles. The lowest BCUT2D eigenvalue weighted by atomic mass is 10.3. The van der Waals surface area contributed by atoms with Crippen molar-refractivity contribution in [2.45, 2.75) is 4.90 Å². The minimum absolute atomic E-state index is 0.122. The predicted octanol–water partition coefficient (Wildman–Crippen LogP) is 3.08. The molecule has 118 valence electrons. The summed E-state index contributed by atoms with van der Waals surface area (Å²) in [6.07, 6.45) is 1.95. The molecule has 0 bridgehead atoms.